The monoisotopic (exact) mass is 474 g/mol. The lowest BCUT2D eigenvalue weighted by atomic mass is 9.94. The Morgan fingerprint density at radius 3 is 1.82 bits per heavy atom. The second kappa shape index (κ2) is 8.74. The molecule has 1 heteroatoms. The first-order valence-corrected chi connectivity index (χ1v) is 11.3. The SMILES string of the molecule is CC/C(=C\C(=C/CI)c1ccc2ccccc2c1)c1ccc2ccccc2c1. The van der Waals surface area contributed by atoms with Crippen molar-refractivity contribution >= 4 is 55.3 Å². The molecule has 0 aliphatic carbocycles. The highest BCUT2D eigenvalue weighted by Gasteiger charge is 2.06. The molecule has 0 aliphatic rings. The topological polar surface area (TPSA) is 0 Å². The van der Waals surface area contributed by atoms with Crippen molar-refractivity contribution in [3.63, 3.8) is 0 Å². The number of hydrogen-bond donors (Lipinski definition) is 0. The molecule has 0 heterocycles. The van der Waals surface area contributed by atoms with Crippen LogP contribution in [0.4, 0.5) is 0 Å². The molecule has 0 spiro atoms. The van der Waals surface area contributed by atoms with Crippen molar-refractivity contribution in [3.05, 3.63) is 108 Å². The molecular weight excluding hydrogens is 451 g/mol. The summed E-state index contributed by atoms with van der Waals surface area (Å²) in [5.41, 5.74) is 5.25. The number of rotatable bonds is 5. The van der Waals surface area contributed by atoms with Crippen LogP contribution in [-0.2, 0) is 0 Å². The molecular formula is C27H23I. The molecule has 4 aromatic rings. The Labute approximate surface area is 180 Å². The standard InChI is InChI=1S/C27H23I/c1-2-20(25-13-11-21-7-3-5-9-23(21)18-25)17-27(15-16-28)26-14-12-22-8-4-6-10-24(22)19-26/h3-15,17-19H,2,16H2,1H3/b20-17+,27-15+. The minimum absolute atomic E-state index is 0.991. The van der Waals surface area contributed by atoms with Crippen LogP contribution in [0.5, 0.6) is 0 Å². The largest absolute Gasteiger partial charge is 0.0818 e. The fraction of sp³-hybridized carbons (Fsp3) is 0.111. The van der Waals surface area contributed by atoms with E-state index < -0.39 is 0 Å². The fourth-order valence-corrected chi connectivity index (χ4v) is 4.15. The van der Waals surface area contributed by atoms with Gasteiger partial charge in [-0.05, 0) is 62.4 Å². The number of fused-ring (bicyclic) bond motifs is 2. The van der Waals surface area contributed by atoms with Crippen LogP contribution < -0.4 is 0 Å². The molecule has 138 valence electrons. The van der Waals surface area contributed by atoms with Gasteiger partial charge in [0.1, 0.15) is 0 Å². The summed E-state index contributed by atoms with van der Waals surface area (Å²) in [7, 11) is 0. The van der Waals surface area contributed by atoms with Gasteiger partial charge < -0.3 is 0 Å². The van der Waals surface area contributed by atoms with Crippen LogP contribution in [0, 0.1) is 0 Å². The molecule has 4 rings (SSSR count). The lowest BCUT2D eigenvalue weighted by Crippen LogP contribution is -1.88. The molecule has 28 heavy (non-hydrogen) atoms. The average Bonchev–Trinajstić information content (AvgIpc) is 2.76. The van der Waals surface area contributed by atoms with Gasteiger partial charge in [0.05, 0.1) is 0 Å². The van der Waals surface area contributed by atoms with Crippen LogP contribution in [-0.4, -0.2) is 4.43 Å². The highest BCUT2D eigenvalue weighted by Crippen LogP contribution is 2.29. The Morgan fingerprint density at radius 1 is 0.714 bits per heavy atom. The van der Waals surface area contributed by atoms with Gasteiger partial charge in [-0.25, -0.2) is 0 Å². The number of alkyl halides is 1. The van der Waals surface area contributed by atoms with E-state index in [0.717, 1.165) is 10.8 Å². The van der Waals surface area contributed by atoms with Crippen molar-refractivity contribution in [1.29, 1.82) is 0 Å². The summed E-state index contributed by atoms with van der Waals surface area (Å²) in [5.74, 6) is 0. The first-order valence-electron chi connectivity index (χ1n) is 9.73. The minimum Gasteiger partial charge on any atom is -0.0818 e. The summed E-state index contributed by atoms with van der Waals surface area (Å²) < 4.78 is 0.991. The average molecular weight is 474 g/mol. The molecule has 0 fully saturated rings. The highest BCUT2D eigenvalue weighted by molar-refractivity contribution is 14.1. The Morgan fingerprint density at radius 2 is 1.25 bits per heavy atom. The van der Waals surface area contributed by atoms with Gasteiger partial charge in [0.25, 0.3) is 0 Å². The second-order valence-electron chi connectivity index (χ2n) is 6.96. The van der Waals surface area contributed by atoms with E-state index in [1.165, 1.54) is 43.8 Å². The Kier molecular flexibility index (Phi) is 5.92. The van der Waals surface area contributed by atoms with Crippen LogP contribution >= 0.6 is 22.6 Å². The lowest BCUT2D eigenvalue weighted by Gasteiger charge is -2.11. The maximum Gasteiger partial charge on any atom is 0.0184 e. The van der Waals surface area contributed by atoms with Crippen LogP contribution in [0.25, 0.3) is 32.7 Å². The van der Waals surface area contributed by atoms with E-state index in [1.54, 1.807) is 0 Å². The summed E-state index contributed by atoms with van der Waals surface area (Å²) in [4.78, 5) is 0. The zero-order chi connectivity index (χ0) is 19.3. The highest BCUT2D eigenvalue weighted by atomic mass is 127. The second-order valence-corrected chi connectivity index (χ2v) is 7.84. The maximum absolute atomic E-state index is 2.43. The first-order chi connectivity index (χ1) is 13.8. The van der Waals surface area contributed by atoms with E-state index in [-0.39, 0.29) is 0 Å². The summed E-state index contributed by atoms with van der Waals surface area (Å²) in [6.45, 7) is 2.24. The number of benzene rings is 4. The molecule has 0 aliphatic heterocycles. The predicted octanol–water partition coefficient (Wildman–Crippen LogP) is 8.31. The van der Waals surface area contributed by atoms with E-state index in [4.69, 9.17) is 0 Å². The van der Waals surface area contributed by atoms with Crippen LogP contribution in [0.3, 0.4) is 0 Å². The van der Waals surface area contributed by atoms with Crippen molar-refractivity contribution in [1.82, 2.24) is 0 Å². The maximum atomic E-state index is 2.43. The van der Waals surface area contributed by atoms with Gasteiger partial charge in [0.2, 0.25) is 0 Å². The first kappa shape index (κ1) is 18.9. The smallest absolute Gasteiger partial charge is 0.0184 e. The zero-order valence-electron chi connectivity index (χ0n) is 16.0. The van der Waals surface area contributed by atoms with Crippen LogP contribution in [0.2, 0.25) is 0 Å². The third-order valence-corrected chi connectivity index (χ3v) is 5.65. The number of allylic oxidation sites excluding steroid dienone is 4. The van der Waals surface area contributed by atoms with Gasteiger partial charge in [-0.2, -0.15) is 0 Å². The van der Waals surface area contributed by atoms with Gasteiger partial charge in [0.15, 0.2) is 0 Å². The van der Waals surface area contributed by atoms with E-state index in [9.17, 15) is 0 Å². The molecule has 0 N–H and O–H groups in total. The van der Waals surface area contributed by atoms with E-state index in [1.807, 2.05) is 0 Å². The zero-order valence-corrected chi connectivity index (χ0v) is 18.2. The molecule has 0 aromatic heterocycles. The quantitative estimate of drug-likeness (QED) is 0.155. The van der Waals surface area contributed by atoms with Crippen molar-refractivity contribution in [2.24, 2.45) is 0 Å². The van der Waals surface area contributed by atoms with E-state index in [2.05, 4.69) is 127 Å². The van der Waals surface area contributed by atoms with E-state index >= 15 is 0 Å². The predicted molar refractivity (Wildman–Crippen MR) is 133 cm³/mol. The van der Waals surface area contributed by atoms with Gasteiger partial charge in [-0.1, -0.05) is 114 Å². The molecule has 0 nitrogen and oxygen atoms in total. The molecule has 0 unspecified atom stereocenters. The fourth-order valence-electron chi connectivity index (χ4n) is 3.68. The summed E-state index contributed by atoms with van der Waals surface area (Å²) in [6, 6.07) is 30.7. The summed E-state index contributed by atoms with van der Waals surface area (Å²) >= 11 is 2.43. The Bertz CT molecular complexity index is 1180. The van der Waals surface area contributed by atoms with Crippen molar-refractivity contribution in [2.75, 3.05) is 4.43 Å². The Hall–Kier alpha value is -2.39. The van der Waals surface area contributed by atoms with Crippen molar-refractivity contribution < 1.29 is 0 Å². The van der Waals surface area contributed by atoms with Gasteiger partial charge in [-0.3, -0.25) is 0 Å². The molecule has 0 saturated heterocycles. The summed E-state index contributed by atoms with van der Waals surface area (Å²) in [5, 5.41) is 5.16. The van der Waals surface area contributed by atoms with Crippen LogP contribution in [0.1, 0.15) is 24.5 Å². The molecule has 0 saturated carbocycles. The van der Waals surface area contributed by atoms with Gasteiger partial charge in [-0.15, -0.1) is 0 Å². The molecule has 4 aromatic carbocycles. The minimum atomic E-state index is 0.991. The normalized spacial score (nSPS) is 12.6. The van der Waals surface area contributed by atoms with Crippen molar-refractivity contribution in [2.45, 2.75) is 13.3 Å². The van der Waals surface area contributed by atoms with Gasteiger partial charge >= 0.3 is 0 Å². The summed E-state index contributed by atoms with van der Waals surface area (Å²) in [6.07, 6.45) is 5.69. The number of halogens is 1. The molecule has 0 atom stereocenters. The third kappa shape index (κ3) is 4.05. The lowest BCUT2D eigenvalue weighted by molar-refractivity contribution is 1.24. The molecule has 0 radical (unpaired) electrons. The number of hydrogen-bond acceptors (Lipinski definition) is 0. The van der Waals surface area contributed by atoms with Crippen LogP contribution in [0.15, 0.2) is 97.1 Å². The third-order valence-electron chi connectivity index (χ3n) is 5.21. The molecule has 0 bridgehead atoms. The van der Waals surface area contributed by atoms with E-state index in [0.29, 0.717) is 0 Å². The van der Waals surface area contributed by atoms with Gasteiger partial charge in [0, 0.05) is 4.43 Å². The molecule has 0 amide bonds. The Balaban J connectivity index is 1.78. The van der Waals surface area contributed by atoms with Crippen molar-refractivity contribution in [3.8, 4) is 0 Å².